The fourth-order valence-corrected chi connectivity index (χ4v) is 5.20. The first-order valence-electron chi connectivity index (χ1n) is 11.9. The van der Waals surface area contributed by atoms with Gasteiger partial charge in [-0.3, -0.25) is 4.98 Å². The van der Waals surface area contributed by atoms with Crippen molar-refractivity contribution in [2.24, 2.45) is 0 Å². The van der Waals surface area contributed by atoms with Gasteiger partial charge in [-0.2, -0.15) is 0 Å². The van der Waals surface area contributed by atoms with Crippen molar-refractivity contribution in [3.63, 3.8) is 0 Å². The molecule has 5 aromatic carbocycles. The number of hydrogen-bond acceptors (Lipinski definition) is 1. The third kappa shape index (κ3) is 3.23. The van der Waals surface area contributed by atoms with Crippen molar-refractivity contribution in [2.75, 3.05) is 0 Å². The van der Waals surface area contributed by atoms with Gasteiger partial charge in [0.15, 0.2) is 0 Å². The topological polar surface area (TPSA) is 17.8 Å². The molecule has 0 N–H and O–H groups in total. The molecule has 2 heteroatoms. The van der Waals surface area contributed by atoms with E-state index in [9.17, 15) is 0 Å². The van der Waals surface area contributed by atoms with Crippen LogP contribution in [-0.2, 0) is 0 Å². The van der Waals surface area contributed by atoms with Crippen LogP contribution in [0.4, 0.5) is 0 Å². The van der Waals surface area contributed by atoms with Gasteiger partial charge in [-0.05, 0) is 59.0 Å². The Balaban J connectivity index is 1.42. The predicted molar refractivity (Wildman–Crippen MR) is 147 cm³/mol. The summed E-state index contributed by atoms with van der Waals surface area (Å²) in [4.78, 5) is 4.74. The number of rotatable bonds is 3. The van der Waals surface area contributed by atoms with E-state index in [0.717, 1.165) is 11.3 Å². The lowest BCUT2D eigenvalue weighted by atomic mass is 9.98. The number of pyridine rings is 1. The second-order valence-corrected chi connectivity index (χ2v) is 8.88. The van der Waals surface area contributed by atoms with Crippen LogP contribution < -0.4 is 0 Å². The molecular formula is C33H22N2. The maximum Gasteiger partial charge on any atom is 0.0780 e. The van der Waals surface area contributed by atoms with Crippen molar-refractivity contribution in [2.45, 2.75) is 0 Å². The molecule has 0 aliphatic rings. The Hall–Kier alpha value is -4.69. The van der Waals surface area contributed by atoms with E-state index in [1.165, 1.54) is 49.4 Å². The zero-order valence-electron chi connectivity index (χ0n) is 19.1. The molecule has 0 bridgehead atoms. The van der Waals surface area contributed by atoms with Gasteiger partial charge in [0.05, 0.1) is 16.7 Å². The Labute approximate surface area is 203 Å². The van der Waals surface area contributed by atoms with Crippen molar-refractivity contribution in [3.05, 3.63) is 134 Å². The largest absolute Gasteiger partial charge is 0.309 e. The quantitative estimate of drug-likeness (QED) is 0.265. The van der Waals surface area contributed by atoms with Crippen molar-refractivity contribution in [3.8, 4) is 28.1 Å². The molecule has 0 aliphatic carbocycles. The van der Waals surface area contributed by atoms with Crippen LogP contribution in [0, 0.1) is 0 Å². The number of hydrogen-bond donors (Lipinski definition) is 0. The van der Waals surface area contributed by atoms with E-state index in [2.05, 4.69) is 132 Å². The molecular weight excluding hydrogens is 424 g/mol. The van der Waals surface area contributed by atoms with Crippen LogP contribution in [0.25, 0.3) is 60.6 Å². The molecule has 164 valence electrons. The van der Waals surface area contributed by atoms with Gasteiger partial charge in [-0.1, -0.05) is 84.9 Å². The van der Waals surface area contributed by atoms with Crippen LogP contribution in [0.1, 0.15) is 0 Å². The molecule has 2 nitrogen and oxygen atoms in total. The van der Waals surface area contributed by atoms with Crippen molar-refractivity contribution in [1.82, 2.24) is 9.55 Å². The highest BCUT2D eigenvalue weighted by Gasteiger charge is 2.13. The van der Waals surface area contributed by atoms with Gasteiger partial charge >= 0.3 is 0 Å². The molecule has 0 atom stereocenters. The first-order valence-corrected chi connectivity index (χ1v) is 11.9. The van der Waals surface area contributed by atoms with E-state index >= 15 is 0 Å². The normalized spacial score (nSPS) is 11.4. The van der Waals surface area contributed by atoms with Crippen molar-refractivity contribution >= 4 is 32.6 Å². The first-order chi connectivity index (χ1) is 17.4. The summed E-state index contributed by atoms with van der Waals surface area (Å²) in [7, 11) is 0. The summed E-state index contributed by atoms with van der Waals surface area (Å²) in [5, 5.41) is 4.90. The van der Waals surface area contributed by atoms with Gasteiger partial charge in [0.25, 0.3) is 0 Å². The Bertz CT molecular complexity index is 1840. The average Bonchev–Trinajstić information content (AvgIpc) is 3.27. The summed E-state index contributed by atoms with van der Waals surface area (Å²) in [6.45, 7) is 0. The van der Waals surface area contributed by atoms with E-state index in [0.29, 0.717) is 0 Å². The maximum atomic E-state index is 4.74. The lowest BCUT2D eigenvalue weighted by molar-refractivity contribution is 1.18. The standard InChI is InChI=1S/C33H22N2/c1-2-12-27(13-3-1)35-31-16-7-6-15-29(31)30-22-25(17-18-32(30)35)24-10-8-11-26(21-24)33-28-14-5-4-9-23(28)19-20-34-33/h1-22H. The second-order valence-electron chi connectivity index (χ2n) is 8.88. The lowest BCUT2D eigenvalue weighted by Crippen LogP contribution is -1.92. The summed E-state index contributed by atoms with van der Waals surface area (Å²) in [6.07, 6.45) is 1.90. The van der Waals surface area contributed by atoms with Gasteiger partial charge in [-0.25, -0.2) is 0 Å². The van der Waals surface area contributed by atoms with Crippen molar-refractivity contribution < 1.29 is 0 Å². The smallest absolute Gasteiger partial charge is 0.0780 e. The predicted octanol–water partition coefficient (Wildman–Crippen LogP) is 8.67. The van der Waals surface area contributed by atoms with E-state index in [1.54, 1.807) is 0 Å². The monoisotopic (exact) mass is 446 g/mol. The third-order valence-electron chi connectivity index (χ3n) is 6.83. The van der Waals surface area contributed by atoms with Crippen LogP contribution in [0.3, 0.4) is 0 Å². The molecule has 0 fully saturated rings. The van der Waals surface area contributed by atoms with Crippen LogP contribution in [-0.4, -0.2) is 9.55 Å². The lowest BCUT2D eigenvalue weighted by Gasteiger charge is -2.10. The Kier molecular flexibility index (Phi) is 4.49. The first kappa shape index (κ1) is 19.7. The minimum absolute atomic E-state index is 1.02. The van der Waals surface area contributed by atoms with Crippen molar-refractivity contribution in [1.29, 1.82) is 0 Å². The van der Waals surface area contributed by atoms with Gasteiger partial charge in [-0.15, -0.1) is 0 Å². The number of nitrogens with zero attached hydrogens (tertiary/aromatic N) is 2. The second kappa shape index (κ2) is 7.96. The minimum Gasteiger partial charge on any atom is -0.309 e. The average molecular weight is 447 g/mol. The summed E-state index contributed by atoms with van der Waals surface area (Å²) in [5.41, 5.74) is 8.16. The molecule has 0 saturated heterocycles. The molecule has 0 radical (unpaired) electrons. The van der Waals surface area contributed by atoms with Crippen LogP contribution in [0.2, 0.25) is 0 Å². The molecule has 2 aromatic heterocycles. The highest BCUT2D eigenvalue weighted by atomic mass is 15.0. The minimum atomic E-state index is 1.02. The summed E-state index contributed by atoms with van der Waals surface area (Å²) in [5.74, 6) is 0. The van der Waals surface area contributed by atoms with E-state index in [1.807, 2.05) is 6.20 Å². The van der Waals surface area contributed by atoms with Crippen LogP contribution >= 0.6 is 0 Å². The number of fused-ring (bicyclic) bond motifs is 4. The fourth-order valence-electron chi connectivity index (χ4n) is 5.20. The van der Waals surface area contributed by atoms with Crippen LogP contribution in [0.15, 0.2) is 134 Å². The highest BCUT2D eigenvalue weighted by molar-refractivity contribution is 6.10. The molecule has 7 aromatic rings. The molecule has 0 aliphatic heterocycles. The maximum absolute atomic E-state index is 4.74. The van der Waals surface area contributed by atoms with Gasteiger partial charge in [0.2, 0.25) is 0 Å². The Morgan fingerprint density at radius 2 is 1.17 bits per heavy atom. The van der Waals surface area contributed by atoms with Gasteiger partial charge in [0.1, 0.15) is 0 Å². The summed E-state index contributed by atoms with van der Waals surface area (Å²) >= 11 is 0. The van der Waals surface area contributed by atoms with E-state index < -0.39 is 0 Å². The number of benzene rings is 5. The molecule has 0 spiro atoms. The molecule has 7 rings (SSSR count). The summed E-state index contributed by atoms with van der Waals surface area (Å²) in [6, 6.07) is 45.3. The van der Waals surface area contributed by atoms with Gasteiger partial charge in [0, 0.05) is 33.6 Å². The Morgan fingerprint density at radius 3 is 2.09 bits per heavy atom. The number of aromatic nitrogens is 2. The number of para-hydroxylation sites is 2. The fraction of sp³-hybridized carbons (Fsp3) is 0. The highest BCUT2D eigenvalue weighted by Crippen LogP contribution is 2.36. The molecule has 0 amide bonds. The van der Waals surface area contributed by atoms with Crippen LogP contribution in [0.5, 0.6) is 0 Å². The summed E-state index contributed by atoms with van der Waals surface area (Å²) < 4.78 is 2.35. The van der Waals surface area contributed by atoms with E-state index in [4.69, 9.17) is 4.98 Å². The third-order valence-corrected chi connectivity index (χ3v) is 6.83. The van der Waals surface area contributed by atoms with Gasteiger partial charge < -0.3 is 4.57 Å². The molecule has 35 heavy (non-hydrogen) atoms. The molecule has 0 unspecified atom stereocenters. The Morgan fingerprint density at radius 1 is 0.457 bits per heavy atom. The zero-order valence-corrected chi connectivity index (χ0v) is 19.1. The molecule has 0 saturated carbocycles. The SMILES string of the molecule is c1ccc(-n2c3ccccc3c3cc(-c4cccc(-c5nccc6ccccc56)c4)ccc32)cc1. The zero-order chi connectivity index (χ0) is 23.2. The van der Waals surface area contributed by atoms with E-state index in [-0.39, 0.29) is 0 Å². The molecule has 2 heterocycles.